The fourth-order valence-corrected chi connectivity index (χ4v) is 5.39. The molecule has 0 spiro atoms. The summed E-state index contributed by atoms with van der Waals surface area (Å²) in [5, 5.41) is 9.42. The number of likely N-dealkylation sites (tertiary alicyclic amines) is 1. The van der Waals surface area contributed by atoms with Gasteiger partial charge in [-0.25, -0.2) is 13.8 Å². The number of rotatable bonds is 5. The second-order valence-corrected chi connectivity index (χ2v) is 9.29. The third kappa shape index (κ3) is 4.21. The summed E-state index contributed by atoms with van der Waals surface area (Å²) in [5.74, 6) is -0.997. The normalized spacial score (nSPS) is 21.7. The molecule has 184 valence electrons. The van der Waals surface area contributed by atoms with E-state index in [9.17, 15) is 18.4 Å². The lowest BCUT2D eigenvalue weighted by Gasteiger charge is -2.40. The maximum atomic E-state index is 14.6. The van der Waals surface area contributed by atoms with E-state index < -0.39 is 29.4 Å². The fourth-order valence-electron chi connectivity index (χ4n) is 5.39. The molecule has 3 heterocycles. The zero-order valence-corrected chi connectivity index (χ0v) is 19.4. The Morgan fingerprint density at radius 2 is 2.00 bits per heavy atom. The van der Waals surface area contributed by atoms with E-state index in [4.69, 9.17) is 4.74 Å². The predicted octanol–water partition coefficient (Wildman–Crippen LogP) is 3.89. The second kappa shape index (κ2) is 9.24. The van der Waals surface area contributed by atoms with Gasteiger partial charge in [0.1, 0.15) is 23.5 Å². The lowest BCUT2D eigenvalue weighted by Crippen LogP contribution is -2.52. The highest BCUT2D eigenvalue weighted by molar-refractivity contribution is 5.99. The molecule has 1 aromatic carbocycles. The number of pyridine rings is 1. The van der Waals surface area contributed by atoms with Crippen LogP contribution >= 0.6 is 0 Å². The first kappa shape index (κ1) is 23.2. The number of hydrogen-bond acceptors (Lipinski definition) is 5. The number of carbonyl (C=O) groups is 2. The van der Waals surface area contributed by atoms with Gasteiger partial charge in [-0.15, -0.1) is 0 Å². The number of anilines is 1. The number of H-pyrrole nitrogens is 1. The van der Waals surface area contributed by atoms with E-state index >= 15 is 0 Å². The number of aromatic amines is 1. The maximum absolute atomic E-state index is 14.6. The quantitative estimate of drug-likeness (QED) is 0.574. The first-order valence-electron chi connectivity index (χ1n) is 11.8. The molecule has 2 fully saturated rings. The summed E-state index contributed by atoms with van der Waals surface area (Å²) in [6, 6.07) is 6.92. The third-order valence-corrected chi connectivity index (χ3v) is 7.18. The lowest BCUT2D eigenvalue weighted by molar-refractivity contribution is -0.143. The molecule has 2 amide bonds. The van der Waals surface area contributed by atoms with Crippen LogP contribution in [0.25, 0.3) is 11.0 Å². The molecule has 1 aliphatic carbocycles. The Balaban J connectivity index is 1.43. The molecule has 10 heteroatoms. The number of halogens is 2. The molecule has 35 heavy (non-hydrogen) atoms. The van der Waals surface area contributed by atoms with E-state index in [0.29, 0.717) is 29.7 Å². The highest BCUT2D eigenvalue weighted by Gasteiger charge is 2.49. The summed E-state index contributed by atoms with van der Waals surface area (Å²) >= 11 is 0. The lowest BCUT2D eigenvalue weighted by atomic mass is 9.68. The topological polar surface area (TPSA) is 100 Å². The second-order valence-electron chi connectivity index (χ2n) is 9.29. The van der Waals surface area contributed by atoms with Gasteiger partial charge in [-0.05, 0) is 42.7 Å². The van der Waals surface area contributed by atoms with Crippen molar-refractivity contribution in [3.05, 3.63) is 47.9 Å². The number of methoxy groups -OCH3 is 1. The molecule has 1 saturated carbocycles. The Morgan fingerprint density at radius 1 is 1.20 bits per heavy atom. The highest BCUT2D eigenvalue weighted by Crippen LogP contribution is 2.43. The van der Waals surface area contributed by atoms with Crippen molar-refractivity contribution in [2.45, 2.75) is 56.2 Å². The number of ether oxygens (including phenoxy) is 1. The number of benzene rings is 1. The molecule has 2 atom stereocenters. The van der Waals surface area contributed by atoms with Crippen molar-refractivity contribution in [1.82, 2.24) is 20.1 Å². The number of carbonyl (C=O) groups excluding carboxylic acids is 2. The van der Waals surface area contributed by atoms with Gasteiger partial charge in [-0.3, -0.25) is 14.7 Å². The molecule has 0 unspecified atom stereocenters. The number of fused-ring (bicyclic) bond motifs is 1. The van der Waals surface area contributed by atoms with Crippen molar-refractivity contribution in [3.63, 3.8) is 0 Å². The van der Waals surface area contributed by atoms with Gasteiger partial charge in [0.2, 0.25) is 11.8 Å². The molecule has 8 nitrogen and oxygen atoms in total. The van der Waals surface area contributed by atoms with Crippen molar-refractivity contribution >= 4 is 28.7 Å². The van der Waals surface area contributed by atoms with Crippen molar-refractivity contribution in [2.75, 3.05) is 19.0 Å². The van der Waals surface area contributed by atoms with Crippen molar-refractivity contribution in [2.24, 2.45) is 0 Å². The van der Waals surface area contributed by atoms with Gasteiger partial charge in [-0.1, -0.05) is 25.3 Å². The van der Waals surface area contributed by atoms with Crippen LogP contribution in [-0.4, -0.2) is 57.8 Å². The van der Waals surface area contributed by atoms with Crippen LogP contribution in [0.2, 0.25) is 0 Å². The van der Waals surface area contributed by atoms with Crippen LogP contribution in [-0.2, 0) is 15.0 Å². The Kier molecular flexibility index (Phi) is 6.12. The van der Waals surface area contributed by atoms with Crippen LogP contribution in [0.15, 0.2) is 36.5 Å². The highest BCUT2D eigenvalue weighted by atomic mass is 19.1. The van der Waals surface area contributed by atoms with Crippen molar-refractivity contribution in [1.29, 1.82) is 0 Å². The average Bonchev–Trinajstić information content (AvgIpc) is 3.50. The molecule has 1 saturated heterocycles. The fraction of sp³-hybridized carbons (Fsp3) is 0.440. The van der Waals surface area contributed by atoms with Crippen LogP contribution in [0.3, 0.4) is 0 Å². The molecule has 2 aliphatic rings. The third-order valence-electron chi connectivity index (χ3n) is 7.18. The molecule has 2 N–H and O–H groups in total. The molecule has 3 aromatic rings. The Morgan fingerprint density at radius 3 is 2.74 bits per heavy atom. The standard InChI is InChI=1S/C25H27F2N5O3/c1-35-21-7-5-15(11-17(21)27)25(9-3-2-4-10-25)24(34)32-14-16(26)12-20(32)23(33)30-22-8-6-18-19(29-22)13-28-31-18/h5-8,11,13,16,20H,2-4,9-10,12,14H2,1H3,(H,28,31)(H,29,30,33)/t16-,20-/m1/s1. The minimum Gasteiger partial charge on any atom is -0.494 e. The molecule has 2 aromatic heterocycles. The minimum absolute atomic E-state index is 0.0940. The smallest absolute Gasteiger partial charge is 0.248 e. The minimum atomic E-state index is -1.33. The molecule has 0 bridgehead atoms. The van der Waals surface area contributed by atoms with Gasteiger partial charge < -0.3 is 15.0 Å². The van der Waals surface area contributed by atoms with Gasteiger partial charge in [0.25, 0.3) is 0 Å². The largest absolute Gasteiger partial charge is 0.494 e. The summed E-state index contributed by atoms with van der Waals surface area (Å²) in [6.45, 7) is -0.175. The van der Waals surface area contributed by atoms with Crippen LogP contribution in [0.1, 0.15) is 44.1 Å². The average molecular weight is 484 g/mol. The van der Waals surface area contributed by atoms with Gasteiger partial charge in [-0.2, -0.15) is 5.10 Å². The van der Waals surface area contributed by atoms with Crippen molar-refractivity contribution < 1.29 is 23.1 Å². The summed E-state index contributed by atoms with van der Waals surface area (Å²) in [7, 11) is 1.38. The summed E-state index contributed by atoms with van der Waals surface area (Å²) in [4.78, 5) is 32.9. The Bertz CT molecular complexity index is 1260. The van der Waals surface area contributed by atoms with Crippen LogP contribution in [0, 0.1) is 5.82 Å². The van der Waals surface area contributed by atoms with Crippen molar-refractivity contribution in [3.8, 4) is 5.75 Å². The first-order valence-corrected chi connectivity index (χ1v) is 11.8. The summed E-state index contributed by atoms with van der Waals surface area (Å²) < 4.78 is 34.3. The number of nitrogens with zero attached hydrogens (tertiary/aromatic N) is 3. The zero-order valence-electron chi connectivity index (χ0n) is 19.4. The van der Waals surface area contributed by atoms with Gasteiger partial charge in [0.15, 0.2) is 11.6 Å². The van der Waals surface area contributed by atoms with E-state index in [1.165, 1.54) is 30.3 Å². The molecule has 1 aliphatic heterocycles. The van der Waals surface area contributed by atoms with Gasteiger partial charge in [0, 0.05) is 6.42 Å². The summed E-state index contributed by atoms with van der Waals surface area (Å²) in [6.07, 6.45) is 3.68. The first-order chi connectivity index (χ1) is 16.9. The number of nitrogens with one attached hydrogen (secondary N) is 2. The summed E-state index contributed by atoms with van der Waals surface area (Å²) in [5.41, 5.74) is 0.819. The van der Waals surface area contributed by atoms with E-state index in [1.54, 1.807) is 18.2 Å². The molecule has 0 radical (unpaired) electrons. The Labute approximate surface area is 201 Å². The van der Waals surface area contributed by atoms with Crippen LogP contribution < -0.4 is 10.1 Å². The molecule has 5 rings (SSSR count). The maximum Gasteiger partial charge on any atom is 0.248 e. The Hall–Kier alpha value is -3.56. The number of alkyl halides is 1. The number of aromatic nitrogens is 3. The molecular weight excluding hydrogens is 456 g/mol. The number of hydrogen-bond donors (Lipinski definition) is 2. The zero-order chi connectivity index (χ0) is 24.6. The van der Waals surface area contributed by atoms with E-state index in [1.807, 2.05) is 0 Å². The SMILES string of the molecule is COc1ccc(C2(C(=O)N3C[C@H](F)C[C@@H]3C(=O)Nc3ccc4[nH]ncc4n3)CCCCC2)cc1F. The van der Waals surface area contributed by atoms with Gasteiger partial charge in [0.05, 0.1) is 30.8 Å². The monoisotopic (exact) mass is 483 g/mol. The van der Waals surface area contributed by atoms with Gasteiger partial charge >= 0.3 is 0 Å². The van der Waals surface area contributed by atoms with E-state index in [-0.39, 0.29) is 24.6 Å². The van der Waals surface area contributed by atoms with E-state index in [0.717, 1.165) is 24.8 Å². The molecular formula is C25H27F2N5O3. The van der Waals surface area contributed by atoms with Crippen LogP contribution in [0.5, 0.6) is 5.75 Å². The van der Waals surface area contributed by atoms with Crippen LogP contribution in [0.4, 0.5) is 14.6 Å². The van der Waals surface area contributed by atoms with E-state index in [2.05, 4.69) is 20.5 Å². The number of amides is 2. The predicted molar refractivity (Wildman–Crippen MR) is 125 cm³/mol.